The SMILES string of the molecule is CC(C)CCCC(CNC(C)(C)C)c1cccc(F)c1. The third kappa shape index (κ3) is 7.04. The Morgan fingerprint density at radius 1 is 1.15 bits per heavy atom. The van der Waals surface area contributed by atoms with Crippen LogP contribution in [0.25, 0.3) is 0 Å². The van der Waals surface area contributed by atoms with Crippen LogP contribution in [0.5, 0.6) is 0 Å². The van der Waals surface area contributed by atoms with Crippen LogP contribution in [-0.2, 0) is 0 Å². The van der Waals surface area contributed by atoms with Crippen molar-refractivity contribution < 1.29 is 4.39 Å². The summed E-state index contributed by atoms with van der Waals surface area (Å²) in [6.45, 7) is 11.9. The average Bonchev–Trinajstić information content (AvgIpc) is 2.31. The molecule has 0 saturated heterocycles. The second kappa shape index (κ2) is 7.78. The van der Waals surface area contributed by atoms with E-state index in [4.69, 9.17) is 0 Å². The molecule has 0 aliphatic rings. The van der Waals surface area contributed by atoms with Crippen molar-refractivity contribution in [3.8, 4) is 0 Å². The summed E-state index contributed by atoms with van der Waals surface area (Å²) in [5.74, 6) is 0.995. The molecule has 1 aromatic rings. The van der Waals surface area contributed by atoms with Crippen molar-refractivity contribution in [1.82, 2.24) is 5.32 Å². The Bertz CT molecular complexity index is 393. The van der Waals surface area contributed by atoms with Crippen molar-refractivity contribution in [2.24, 2.45) is 5.92 Å². The average molecular weight is 279 g/mol. The minimum Gasteiger partial charge on any atom is -0.311 e. The molecule has 0 heterocycles. The zero-order chi connectivity index (χ0) is 15.2. The highest BCUT2D eigenvalue weighted by atomic mass is 19.1. The molecule has 0 aliphatic carbocycles. The molecule has 0 saturated carbocycles. The Hall–Kier alpha value is -0.890. The van der Waals surface area contributed by atoms with Gasteiger partial charge in [-0.05, 0) is 56.7 Å². The van der Waals surface area contributed by atoms with Crippen LogP contribution in [0, 0.1) is 11.7 Å². The van der Waals surface area contributed by atoms with Gasteiger partial charge in [-0.3, -0.25) is 0 Å². The van der Waals surface area contributed by atoms with E-state index in [9.17, 15) is 4.39 Å². The normalized spacial score (nSPS) is 13.8. The van der Waals surface area contributed by atoms with Gasteiger partial charge < -0.3 is 5.32 Å². The van der Waals surface area contributed by atoms with E-state index in [1.165, 1.54) is 18.9 Å². The standard InChI is InChI=1S/C18H30FN/c1-14(2)8-6-10-16(13-20-18(3,4)5)15-9-7-11-17(19)12-15/h7,9,11-12,14,16,20H,6,8,10,13H2,1-5H3. The first kappa shape index (κ1) is 17.2. The molecule has 0 aliphatic heterocycles. The minimum atomic E-state index is -0.132. The summed E-state index contributed by atoms with van der Waals surface area (Å²) in [5.41, 5.74) is 1.22. The van der Waals surface area contributed by atoms with Crippen molar-refractivity contribution in [3.63, 3.8) is 0 Å². The van der Waals surface area contributed by atoms with Gasteiger partial charge >= 0.3 is 0 Å². The second-order valence-corrected chi connectivity index (χ2v) is 7.21. The molecule has 114 valence electrons. The van der Waals surface area contributed by atoms with Crippen molar-refractivity contribution >= 4 is 0 Å². The van der Waals surface area contributed by atoms with Gasteiger partial charge in [-0.1, -0.05) is 38.8 Å². The molecule has 0 amide bonds. The smallest absolute Gasteiger partial charge is 0.123 e. The molecule has 1 rings (SSSR count). The number of nitrogens with one attached hydrogen (secondary N) is 1. The quantitative estimate of drug-likeness (QED) is 0.730. The van der Waals surface area contributed by atoms with E-state index in [0.717, 1.165) is 24.4 Å². The molecule has 1 N–H and O–H groups in total. The highest BCUT2D eigenvalue weighted by Gasteiger charge is 2.16. The Balaban J connectivity index is 2.68. The van der Waals surface area contributed by atoms with E-state index in [1.807, 2.05) is 12.1 Å². The van der Waals surface area contributed by atoms with E-state index < -0.39 is 0 Å². The van der Waals surface area contributed by atoms with Gasteiger partial charge in [0.05, 0.1) is 0 Å². The predicted octanol–water partition coefficient (Wildman–Crippen LogP) is 5.12. The summed E-state index contributed by atoms with van der Waals surface area (Å²) in [6, 6.07) is 7.07. The van der Waals surface area contributed by atoms with Crippen LogP contribution in [0.3, 0.4) is 0 Å². The van der Waals surface area contributed by atoms with Gasteiger partial charge in [0.15, 0.2) is 0 Å². The molecule has 0 bridgehead atoms. The monoisotopic (exact) mass is 279 g/mol. The summed E-state index contributed by atoms with van der Waals surface area (Å²) in [6.07, 6.45) is 3.55. The molecule has 2 heteroatoms. The molecule has 1 unspecified atom stereocenters. The molecule has 1 nitrogen and oxygen atoms in total. The first-order chi connectivity index (χ1) is 9.28. The highest BCUT2D eigenvalue weighted by Crippen LogP contribution is 2.24. The van der Waals surface area contributed by atoms with E-state index in [2.05, 4.69) is 39.9 Å². The largest absolute Gasteiger partial charge is 0.311 e. The maximum Gasteiger partial charge on any atom is 0.123 e. The maximum absolute atomic E-state index is 13.4. The lowest BCUT2D eigenvalue weighted by atomic mass is 9.91. The molecule has 1 atom stereocenters. The Morgan fingerprint density at radius 2 is 1.85 bits per heavy atom. The van der Waals surface area contributed by atoms with Crippen LogP contribution in [0.2, 0.25) is 0 Å². The Kier molecular flexibility index (Phi) is 6.67. The van der Waals surface area contributed by atoms with E-state index in [1.54, 1.807) is 6.07 Å². The zero-order valence-electron chi connectivity index (χ0n) is 13.7. The number of hydrogen-bond donors (Lipinski definition) is 1. The van der Waals surface area contributed by atoms with Crippen molar-refractivity contribution in [3.05, 3.63) is 35.6 Å². The van der Waals surface area contributed by atoms with Crippen molar-refractivity contribution in [2.75, 3.05) is 6.54 Å². The van der Waals surface area contributed by atoms with Crippen LogP contribution >= 0.6 is 0 Å². The molecule has 0 aromatic heterocycles. The summed E-state index contributed by atoms with van der Waals surface area (Å²) in [4.78, 5) is 0. The lowest BCUT2D eigenvalue weighted by Crippen LogP contribution is -2.38. The Labute approximate surface area is 124 Å². The predicted molar refractivity (Wildman–Crippen MR) is 85.6 cm³/mol. The lowest BCUT2D eigenvalue weighted by molar-refractivity contribution is 0.389. The number of halogens is 1. The van der Waals surface area contributed by atoms with E-state index >= 15 is 0 Å². The van der Waals surface area contributed by atoms with E-state index in [0.29, 0.717) is 5.92 Å². The zero-order valence-corrected chi connectivity index (χ0v) is 13.7. The summed E-state index contributed by atoms with van der Waals surface area (Å²) in [5, 5.41) is 3.56. The number of hydrogen-bond acceptors (Lipinski definition) is 1. The van der Waals surface area contributed by atoms with Gasteiger partial charge in [0.25, 0.3) is 0 Å². The first-order valence-corrected chi connectivity index (χ1v) is 7.78. The third-order valence-corrected chi connectivity index (χ3v) is 3.53. The molecule has 0 radical (unpaired) electrons. The number of rotatable bonds is 7. The first-order valence-electron chi connectivity index (χ1n) is 7.78. The van der Waals surface area contributed by atoms with Crippen LogP contribution in [0.4, 0.5) is 4.39 Å². The Morgan fingerprint density at radius 3 is 2.40 bits per heavy atom. The van der Waals surface area contributed by atoms with Crippen LogP contribution in [0.1, 0.15) is 65.4 Å². The van der Waals surface area contributed by atoms with Gasteiger partial charge in [0.2, 0.25) is 0 Å². The topological polar surface area (TPSA) is 12.0 Å². The molecule has 0 spiro atoms. The number of benzene rings is 1. The molecular weight excluding hydrogens is 249 g/mol. The fourth-order valence-electron chi connectivity index (χ4n) is 2.35. The van der Waals surface area contributed by atoms with Gasteiger partial charge in [-0.25, -0.2) is 4.39 Å². The third-order valence-electron chi connectivity index (χ3n) is 3.53. The summed E-state index contributed by atoms with van der Waals surface area (Å²) < 4.78 is 13.4. The maximum atomic E-state index is 13.4. The summed E-state index contributed by atoms with van der Waals surface area (Å²) in [7, 11) is 0. The highest BCUT2D eigenvalue weighted by molar-refractivity contribution is 5.21. The van der Waals surface area contributed by atoms with Crippen molar-refractivity contribution in [1.29, 1.82) is 0 Å². The minimum absolute atomic E-state index is 0.101. The molecular formula is C18H30FN. The molecule has 0 fully saturated rings. The fraction of sp³-hybridized carbons (Fsp3) is 0.667. The fourth-order valence-corrected chi connectivity index (χ4v) is 2.35. The lowest BCUT2D eigenvalue weighted by Gasteiger charge is -2.26. The molecule has 1 aromatic carbocycles. The van der Waals surface area contributed by atoms with E-state index in [-0.39, 0.29) is 11.4 Å². The second-order valence-electron chi connectivity index (χ2n) is 7.21. The van der Waals surface area contributed by atoms with Gasteiger partial charge in [-0.15, -0.1) is 0 Å². The van der Waals surface area contributed by atoms with Crippen molar-refractivity contribution in [2.45, 2.75) is 65.3 Å². The summed E-state index contributed by atoms with van der Waals surface area (Å²) >= 11 is 0. The van der Waals surface area contributed by atoms with Gasteiger partial charge in [-0.2, -0.15) is 0 Å². The van der Waals surface area contributed by atoms with Gasteiger partial charge in [0, 0.05) is 12.1 Å². The van der Waals surface area contributed by atoms with Crippen LogP contribution in [0.15, 0.2) is 24.3 Å². The van der Waals surface area contributed by atoms with Crippen LogP contribution < -0.4 is 5.32 Å². The van der Waals surface area contributed by atoms with Crippen LogP contribution in [-0.4, -0.2) is 12.1 Å². The van der Waals surface area contributed by atoms with Gasteiger partial charge in [0.1, 0.15) is 5.82 Å². The molecule has 20 heavy (non-hydrogen) atoms.